The normalized spacial score (nSPS) is 10.0. The van der Waals surface area contributed by atoms with E-state index < -0.39 is 5.82 Å². The third kappa shape index (κ3) is 3.95. The Morgan fingerprint density at radius 1 is 1.00 bits per heavy atom. The molecule has 0 bridgehead atoms. The summed E-state index contributed by atoms with van der Waals surface area (Å²) in [5.41, 5.74) is 0.268. The Hall–Kier alpha value is -2.56. The number of hydrogen-bond donors (Lipinski definition) is 0. The van der Waals surface area contributed by atoms with Gasteiger partial charge in [0.05, 0.1) is 14.2 Å². The van der Waals surface area contributed by atoms with E-state index in [1.807, 2.05) is 0 Å². The molecule has 0 heterocycles. The molecule has 0 aliphatic heterocycles. The highest BCUT2D eigenvalue weighted by Crippen LogP contribution is 2.27. The van der Waals surface area contributed by atoms with Crippen LogP contribution in [0.25, 0.3) is 0 Å². The number of Topliss-reactive ketones (excluding diaryl/α,β-unsaturated/α-hetero) is 1. The lowest BCUT2D eigenvalue weighted by Crippen LogP contribution is -2.11. The van der Waals surface area contributed by atoms with Crippen LogP contribution >= 0.6 is 0 Å². The Kier molecular flexibility index (Phi) is 4.77. The van der Waals surface area contributed by atoms with Gasteiger partial charge in [0.1, 0.15) is 23.1 Å². The molecule has 0 aliphatic carbocycles. The molecule has 2 aromatic carbocycles. The van der Waals surface area contributed by atoms with Crippen LogP contribution in [0.2, 0.25) is 0 Å². The molecule has 0 aliphatic rings. The van der Waals surface area contributed by atoms with Crippen molar-refractivity contribution in [1.82, 2.24) is 0 Å². The van der Waals surface area contributed by atoms with Crippen molar-refractivity contribution in [1.29, 1.82) is 0 Å². The van der Waals surface area contributed by atoms with E-state index in [4.69, 9.17) is 14.2 Å². The second kappa shape index (κ2) is 6.74. The molecule has 0 unspecified atom stereocenters. The average Bonchev–Trinajstić information content (AvgIpc) is 2.52. The van der Waals surface area contributed by atoms with Crippen LogP contribution in [0.3, 0.4) is 0 Å². The summed E-state index contributed by atoms with van der Waals surface area (Å²) in [4.78, 5) is 11.9. The number of halogens is 1. The van der Waals surface area contributed by atoms with Crippen LogP contribution in [-0.2, 0) is 0 Å². The van der Waals surface area contributed by atoms with Crippen LogP contribution in [0.1, 0.15) is 10.4 Å². The maximum Gasteiger partial charge on any atom is 0.200 e. The second-order valence-corrected chi connectivity index (χ2v) is 4.27. The first-order chi connectivity index (χ1) is 10.1. The fourth-order valence-corrected chi connectivity index (χ4v) is 1.76. The molecule has 0 atom stereocenters. The van der Waals surface area contributed by atoms with Crippen molar-refractivity contribution >= 4 is 5.78 Å². The monoisotopic (exact) mass is 290 g/mol. The van der Waals surface area contributed by atoms with E-state index >= 15 is 0 Å². The number of hydrogen-bond acceptors (Lipinski definition) is 4. The highest BCUT2D eigenvalue weighted by molar-refractivity contribution is 5.97. The molecule has 0 saturated heterocycles. The third-order valence-electron chi connectivity index (χ3n) is 2.84. The first-order valence-corrected chi connectivity index (χ1v) is 6.27. The molecule has 0 amide bonds. The maximum atomic E-state index is 13.1. The van der Waals surface area contributed by atoms with E-state index in [0.29, 0.717) is 17.2 Å². The minimum Gasteiger partial charge on any atom is -0.496 e. The van der Waals surface area contributed by atoms with Gasteiger partial charge in [0, 0.05) is 23.8 Å². The van der Waals surface area contributed by atoms with Crippen LogP contribution in [0.5, 0.6) is 17.2 Å². The first-order valence-electron chi connectivity index (χ1n) is 6.27. The van der Waals surface area contributed by atoms with Gasteiger partial charge in [0.2, 0.25) is 0 Å². The number of benzene rings is 2. The lowest BCUT2D eigenvalue weighted by molar-refractivity contribution is 0.0920. The molecule has 21 heavy (non-hydrogen) atoms. The molecule has 0 N–H and O–H groups in total. The van der Waals surface area contributed by atoms with Crippen molar-refractivity contribution in [2.45, 2.75) is 0 Å². The lowest BCUT2D eigenvalue weighted by Gasteiger charge is -2.10. The zero-order valence-electron chi connectivity index (χ0n) is 11.8. The number of rotatable bonds is 6. The summed E-state index contributed by atoms with van der Waals surface area (Å²) < 4.78 is 28.7. The fourth-order valence-electron chi connectivity index (χ4n) is 1.76. The van der Waals surface area contributed by atoms with Crippen molar-refractivity contribution in [2.75, 3.05) is 20.8 Å². The molecule has 0 radical (unpaired) electrons. The highest BCUT2D eigenvalue weighted by atomic mass is 19.1. The number of carbonyl (C=O) groups excluding carboxylic acids is 1. The summed E-state index contributed by atoms with van der Waals surface area (Å²) >= 11 is 0. The molecule has 0 aromatic heterocycles. The maximum absolute atomic E-state index is 13.1. The molecule has 0 fully saturated rings. The van der Waals surface area contributed by atoms with E-state index in [1.54, 1.807) is 24.3 Å². The summed E-state index contributed by atoms with van der Waals surface area (Å²) in [6, 6.07) is 10.5. The number of carbonyl (C=O) groups is 1. The highest BCUT2D eigenvalue weighted by Gasteiger charge is 2.09. The Balaban J connectivity index is 2.07. The average molecular weight is 290 g/mol. The van der Waals surface area contributed by atoms with Crippen molar-refractivity contribution in [3.63, 3.8) is 0 Å². The summed E-state index contributed by atoms with van der Waals surface area (Å²) in [5.74, 6) is 0.793. The standard InChI is InChI=1S/C16H15FO4/c1-19-13-7-14(20-2)9-15(8-13)21-10-16(18)11-4-3-5-12(17)6-11/h3-9H,10H2,1-2H3. The van der Waals surface area contributed by atoms with E-state index in [1.165, 1.54) is 32.4 Å². The fraction of sp³-hybridized carbons (Fsp3) is 0.188. The Morgan fingerprint density at radius 3 is 2.19 bits per heavy atom. The van der Waals surface area contributed by atoms with Gasteiger partial charge in [0.15, 0.2) is 12.4 Å². The molecule has 2 aromatic rings. The van der Waals surface area contributed by atoms with Crippen LogP contribution in [0.4, 0.5) is 4.39 Å². The smallest absolute Gasteiger partial charge is 0.200 e. The predicted octanol–water partition coefficient (Wildman–Crippen LogP) is 3.10. The van der Waals surface area contributed by atoms with Crippen LogP contribution in [-0.4, -0.2) is 26.6 Å². The quantitative estimate of drug-likeness (QED) is 0.767. The zero-order chi connectivity index (χ0) is 15.2. The molecule has 110 valence electrons. The molecule has 5 heteroatoms. The van der Waals surface area contributed by atoms with Gasteiger partial charge in [-0.2, -0.15) is 0 Å². The molecular weight excluding hydrogens is 275 g/mol. The van der Waals surface area contributed by atoms with Crippen LogP contribution in [0, 0.1) is 5.82 Å². The molecule has 4 nitrogen and oxygen atoms in total. The summed E-state index contributed by atoms with van der Waals surface area (Å²) in [6.45, 7) is -0.195. The van der Waals surface area contributed by atoms with Crippen LogP contribution in [0.15, 0.2) is 42.5 Å². The molecule has 0 saturated carbocycles. The van der Waals surface area contributed by atoms with Crippen molar-refractivity contribution in [3.05, 3.63) is 53.8 Å². The topological polar surface area (TPSA) is 44.8 Å². The van der Waals surface area contributed by atoms with Crippen LogP contribution < -0.4 is 14.2 Å². The number of ether oxygens (including phenoxy) is 3. The van der Waals surface area contributed by atoms with Crippen molar-refractivity contribution < 1.29 is 23.4 Å². The molecule has 0 spiro atoms. The minimum atomic E-state index is -0.455. The SMILES string of the molecule is COc1cc(OC)cc(OCC(=O)c2cccc(F)c2)c1. The second-order valence-electron chi connectivity index (χ2n) is 4.27. The lowest BCUT2D eigenvalue weighted by atomic mass is 10.1. The first kappa shape index (κ1) is 14.8. The van der Waals surface area contributed by atoms with E-state index in [-0.39, 0.29) is 18.0 Å². The third-order valence-corrected chi connectivity index (χ3v) is 2.84. The van der Waals surface area contributed by atoms with Gasteiger partial charge in [-0.3, -0.25) is 4.79 Å². The Labute approximate surface area is 122 Å². The van der Waals surface area contributed by atoms with Gasteiger partial charge in [0.25, 0.3) is 0 Å². The molecular formula is C16H15FO4. The van der Waals surface area contributed by atoms with Gasteiger partial charge in [-0.15, -0.1) is 0 Å². The zero-order valence-corrected chi connectivity index (χ0v) is 11.8. The van der Waals surface area contributed by atoms with Gasteiger partial charge < -0.3 is 14.2 Å². The van der Waals surface area contributed by atoms with Gasteiger partial charge in [-0.25, -0.2) is 4.39 Å². The van der Waals surface area contributed by atoms with Crippen molar-refractivity contribution in [3.8, 4) is 17.2 Å². The predicted molar refractivity (Wildman–Crippen MR) is 75.8 cm³/mol. The summed E-state index contributed by atoms with van der Waals surface area (Å²) in [6.07, 6.45) is 0. The minimum absolute atomic E-state index is 0.195. The van der Waals surface area contributed by atoms with Crippen molar-refractivity contribution in [2.24, 2.45) is 0 Å². The summed E-state index contributed by atoms with van der Waals surface area (Å²) in [5, 5.41) is 0. The van der Waals surface area contributed by atoms with Gasteiger partial charge in [-0.1, -0.05) is 12.1 Å². The largest absolute Gasteiger partial charge is 0.496 e. The Bertz CT molecular complexity index is 618. The van der Waals surface area contributed by atoms with E-state index in [0.717, 1.165) is 0 Å². The Morgan fingerprint density at radius 2 is 1.62 bits per heavy atom. The summed E-state index contributed by atoms with van der Waals surface area (Å²) in [7, 11) is 3.05. The van der Waals surface area contributed by atoms with Gasteiger partial charge in [-0.05, 0) is 12.1 Å². The number of ketones is 1. The van der Waals surface area contributed by atoms with Gasteiger partial charge >= 0.3 is 0 Å². The van der Waals surface area contributed by atoms with E-state index in [9.17, 15) is 9.18 Å². The molecule has 2 rings (SSSR count). The van der Waals surface area contributed by atoms with E-state index in [2.05, 4.69) is 0 Å². The number of methoxy groups -OCH3 is 2.